The van der Waals surface area contributed by atoms with E-state index < -0.39 is 16.0 Å². The van der Waals surface area contributed by atoms with Gasteiger partial charge in [-0.2, -0.15) is 9.47 Å². The van der Waals surface area contributed by atoms with Crippen LogP contribution in [0.4, 0.5) is 0 Å². The van der Waals surface area contributed by atoms with Gasteiger partial charge in [0.25, 0.3) is 10.0 Å². The monoisotopic (exact) mass is 316 g/mol. The molecule has 0 aliphatic carbocycles. The van der Waals surface area contributed by atoms with Gasteiger partial charge in [-0.15, -0.1) is 0 Å². The Bertz CT molecular complexity index is 678. The summed E-state index contributed by atoms with van der Waals surface area (Å²) >= 11 is 1.23. The molecule has 0 saturated heterocycles. The highest BCUT2D eigenvalue weighted by atomic mass is 32.2. The SMILES string of the molecule is CCOC(=O)c1cc(S(=O)(=O)NCc2ccsn2)[nH]n1. The number of rotatable bonds is 6. The summed E-state index contributed by atoms with van der Waals surface area (Å²) in [6, 6.07) is 2.84. The van der Waals surface area contributed by atoms with Crippen molar-refractivity contribution in [2.24, 2.45) is 0 Å². The van der Waals surface area contributed by atoms with Crippen LogP contribution in [0.1, 0.15) is 23.1 Å². The summed E-state index contributed by atoms with van der Waals surface area (Å²) < 4.78 is 35.0. The summed E-state index contributed by atoms with van der Waals surface area (Å²) in [7, 11) is -3.78. The molecule has 0 fully saturated rings. The lowest BCUT2D eigenvalue weighted by Crippen LogP contribution is -2.23. The normalized spacial score (nSPS) is 11.4. The molecule has 0 aromatic carbocycles. The van der Waals surface area contributed by atoms with Gasteiger partial charge in [0, 0.05) is 11.4 Å². The Kier molecular flexibility index (Phi) is 4.47. The second-order valence-corrected chi connectivity index (χ2v) is 6.05. The van der Waals surface area contributed by atoms with E-state index in [1.54, 1.807) is 18.4 Å². The van der Waals surface area contributed by atoms with Crippen LogP contribution in [-0.2, 0) is 21.3 Å². The molecular formula is C10H12N4O4S2. The maximum Gasteiger partial charge on any atom is 0.358 e. The highest BCUT2D eigenvalue weighted by molar-refractivity contribution is 7.89. The van der Waals surface area contributed by atoms with Gasteiger partial charge in [0.2, 0.25) is 0 Å². The molecule has 0 radical (unpaired) electrons. The molecule has 2 heterocycles. The number of hydrogen-bond donors (Lipinski definition) is 2. The fourth-order valence-electron chi connectivity index (χ4n) is 1.33. The molecule has 2 aromatic rings. The van der Waals surface area contributed by atoms with Crippen molar-refractivity contribution < 1.29 is 17.9 Å². The fourth-order valence-corrected chi connectivity index (χ4v) is 2.79. The predicted octanol–water partition coefficient (Wildman–Crippen LogP) is 0.521. The van der Waals surface area contributed by atoms with E-state index in [2.05, 4.69) is 19.3 Å². The van der Waals surface area contributed by atoms with Gasteiger partial charge in [0.1, 0.15) is 0 Å². The average molecular weight is 316 g/mol. The molecule has 0 bridgehead atoms. The van der Waals surface area contributed by atoms with Crippen LogP contribution in [0, 0.1) is 0 Å². The molecule has 2 rings (SSSR count). The lowest BCUT2D eigenvalue weighted by atomic mass is 10.4. The van der Waals surface area contributed by atoms with Crippen molar-refractivity contribution in [2.75, 3.05) is 6.61 Å². The topological polar surface area (TPSA) is 114 Å². The van der Waals surface area contributed by atoms with Crippen molar-refractivity contribution in [3.8, 4) is 0 Å². The first kappa shape index (κ1) is 14.6. The quantitative estimate of drug-likeness (QED) is 0.751. The van der Waals surface area contributed by atoms with Gasteiger partial charge in [-0.1, -0.05) is 0 Å². The third-order valence-corrected chi connectivity index (χ3v) is 4.17. The number of ether oxygens (including phenoxy) is 1. The van der Waals surface area contributed by atoms with Gasteiger partial charge in [0.15, 0.2) is 10.7 Å². The van der Waals surface area contributed by atoms with Gasteiger partial charge in [-0.25, -0.2) is 17.9 Å². The molecule has 0 amide bonds. The molecule has 20 heavy (non-hydrogen) atoms. The van der Waals surface area contributed by atoms with Crippen molar-refractivity contribution in [1.82, 2.24) is 19.3 Å². The number of hydrogen-bond acceptors (Lipinski definition) is 7. The lowest BCUT2D eigenvalue weighted by molar-refractivity contribution is 0.0519. The van der Waals surface area contributed by atoms with Gasteiger partial charge in [-0.05, 0) is 24.5 Å². The second-order valence-electron chi connectivity index (χ2n) is 3.65. The Morgan fingerprint density at radius 1 is 1.55 bits per heavy atom. The standard InChI is InChI=1S/C10H12N4O4S2/c1-2-18-10(15)8-5-9(13-12-8)20(16,17)11-6-7-3-4-19-14-7/h3-5,11H,2,6H2,1H3,(H,12,13). The van der Waals surface area contributed by atoms with E-state index in [1.165, 1.54) is 11.5 Å². The van der Waals surface area contributed by atoms with Gasteiger partial charge < -0.3 is 4.74 Å². The zero-order chi connectivity index (χ0) is 14.6. The van der Waals surface area contributed by atoms with E-state index in [0.717, 1.165) is 6.07 Å². The first-order valence-corrected chi connectivity index (χ1v) is 7.96. The van der Waals surface area contributed by atoms with Crippen LogP contribution in [0.3, 0.4) is 0 Å². The highest BCUT2D eigenvalue weighted by Gasteiger charge is 2.20. The van der Waals surface area contributed by atoms with Gasteiger partial charge >= 0.3 is 5.97 Å². The molecule has 2 N–H and O–H groups in total. The second kappa shape index (κ2) is 6.11. The molecule has 0 aliphatic heterocycles. The maximum atomic E-state index is 12.0. The average Bonchev–Trinajstić information content (AvgIpc) is 3.08. The number of nitrogens with one attached hydrogen (secondary N) is 2. The Labute approximate surface area is 119 Å². The molecule has 0 aliphatic rings. The van der Waals surface area contributed by atoms with Gasteiger partial charge in [-0.3, -0.25) is 5.10 Å². The maximum absolute atomic E-state index is 12.0. The summed E-state index contributed by atoms with van der Waals surface area (Å²) in [4.78, 5) is 11.4. The van der Waals surface area contributed by atoms with E-state index in [-0.39, 0.29) is 23.9 Å². The Balaban J connectivity index is 2.08. The van der Waals surface area contributed by atoms with Crippen molar-refractivity contribution in [1.29, 1.82) is 0 Å². The zero-order valence-corrected chi connectivity index (χ0v) is 12.1. The summed E-state index contributed by atoms with van der Waals surface area (Å²) in [6.45, 7) is 1.91. The fraction of sp³-hybridized carbons (Fsp3) is 0.300. The van der Waals surface area contributed by atoms with E-state index >= 15 is 0 Å². The van der Waals surface area contributed by atoms with E-state index in [0.29, 0.717) is 5.69 Å². The minimum absolute atomic E-state index is 0.0690. The van der Waals surface area contributed by atoms with Crippen LogP contribution in [0.5, 0.6) is 0 Å². The molecule has 0 unspecified atom stereocenters. The number of nitrogens with zero attached hydrogens (tertiary/aromatic N) is 2. The number of carbonyl (C=O) groups excluding carboxylic acids is 1. The zero-order valence-electron chi connectivity index (χ0n) is 10.5. The molecule has 108 valence electrons. The van der Waals surface area contributed by atoms with Crippen molar-refractivity contribution in [3.05, 3.63) is 28.9 Å². The van der Waals surface area contributed by atoms with Crippen LogP contribution in [-0.4, -0.2) is 35.6 Å². The third-order valence-electron chi connectivity index (χ3n) is 2.26. The van der Waals surface area contributed by atoms with E-state index in [9.17, 15) is 13.2 Å². The van der Waals surface area contributed by atoms with E-state index in [1.807, 2.05) is 0 Å². The van der Waals surface area contributed by atoms with Crippen LogP contribution in [0.2, 0.25) is 0 Å². The summed E-state index contributed by atoms with van der Waals surface area (Å²) in [5, 5.41) is 7.46. The lowest BCUT2D eigenvalue weighted by Gasteiger charge is -2.01. The molecule has 0 atom stereocenters. The highest BCUT2D eigenvalue weighted by Crippen LogP contribution is 2.09. The number of sulfonamides is 1. The first-order chi connectivity index (χ1) is 9.53. The van der Waals surface area contributed by atoms with Crippen molar-refractivity contribution in [3.63, 3.8) is 0 Å². The largest absolute Gasteiger partial charge is 0.461 e. The Morgan fingerprint density at radius 3 is 3.00 bits per heavy atom. The van der Waals surface area contributed by atoms with Crippen molar-refractivity contribution >= 4 is 27.5 Å². The minimum atomic E-state index is -3.78. The number of aromatic nitrogens is 3. The molecule has 10 heteroatoms. The summed E-state index contributed by atoms with van der Waals surface area (Å²) in [5.74, 6) is -0.676. The number of esters is 1. The number of H-pyrrole nitrogens is 1. The molecule has 8 nitrogen and oxygen atoms in total. The van der Waals surface area contributed by atoms with Crippen LogP contribution >= 0.6 is 11.5 Å². The molecule has 0 saturated carbocycles. The molecule has 0 spiro atoms. The Hall–Kier alpha value is -1.78. The van der Waals surface area contributed by atoms with Crippen LogP contribution < -0.4 is 4.72 Å². The van der Waals surface area contributed by atoms with Crippen LogP contribution in [0.25, 0.3) is 0 Å². The number of carbonyl (C=O) groups is 1. The van der Waals surface area contributed by atoms with Gasteiger partial charge in [0.05, 0.1) is 18.8 Å². The minimum Gasteiger partial charge on any atom is -0.461 e. The first-order valence-electron chi connectivity index (χ1n) is 5.64. The van der Waals surface area contributed by atoms with Crippen molar-refractivity contribution in [2.45, 2.75) is 18.5 Å². The predicted molar refractivity (Wildman–Crippen MR) is 70.7 cm³/mol. The summed E-state index contributed by atoms with van der Waals surface area (Å²) in [5.41, 5.74) is 0.532. The van der Waals surface area contributed by atoms with Crippen LogP contribution in [0.15, 0.2) is 22.5 Å². The number of aromatic amines is 1. The summed E-state index contributed by atoms with van der Waals surface area (Å²) in [6.07, 6.45) is 0. The smallest absolute Gasteiger partial charge is 0.358 e. The molecule has 2 aromatic heterocycles. The Morgan fingerprint density at radius 2 is 2.35 bits per heavy atom. The molecular weight excluding hydrogens is 304 g/mol. The third kappa shape index (κ3) is 3.40. The van der Waals surface area contributed by atoms with E-state index in [4.69, 9.17) is 4.74 Å².